The van der Waals surface area contributed by atoms with Gasteiger partial charge in [0.2, 0.25) is 0 Å². The van der Waals surface area contributed by atoms with Gasteiger partial charge in [-0.3, -0.25) is 4.79 Å². The molecule has 0 fully saturated rings. The van der Waals surface area contributed by atoms with Crippen molar-refractivity contribution >= 4 is 23.5 Å². The number of nitrogens with one attached hydrogen (secondary N) is 1. The highest BCUT2D eigenvalue weighted by molar-refractivity contribution is 6.31. The van der Waals surface area contributed by atoms with E-state index < -0.39 is 17.9 Å². The fourth-order valence-corrected chi connectivity index (χ4v) is 2.00. The van der Waals surface area contributed by atoms with Crippen LogP contribution in [0.4, 0.5) is 0 Å². The van der Waals surface area contributed by atoms with Gasteiger partial charge in [-0.1, -0.05) is 41.9 Å². The third-order valence-corrected chi connectivity index (χ3v) is 3.09. The fraction of sp³-hybridized carbons (Fsp3) is 0.0667. The fourth-order valence-electron chi connectivity index (χ4n) is 1.83. The average Bonchev–Trinajstić information content (AvgIpc) is 2.47. The minimum absolute atomic E-state index is 0.0790. The number of amides is 1. The normalized spacial score (nSPS) is 11.7. The SMILES string of the molecule is O=C(N[C@H](C(=O)O)c1ccccc1)c1cc(Cl)ccc1O. The van der Waals surface area contributed by atoms with Crippen LogP contribution in [0.15, 0.2) is 48.5 Å². The summed E-state index contributed by atoms with van der Waals surface area (Å²) in [5, 5.41) is 21.5. The van der Waals surface area contributed by atoms with Crippen LogP contribution in [0.2, 0.25) is 5.02 Å². The summed E-state index contributed by atoms with van der Waals surface area (Å²) >= 11 is 5.77. The van der Waals surface area contributed by atoms with Gasteiger partial charge in [-0.05, 0) is 23.8 Å². The number of halogens is 1. The monoisotopic (exact) mass is 305 g/mol. The Bertz CT molecular complexity index is 673. The lowest BCUT2D eigenvalue weighted by molar-refractivity contribution is -0.139. The molecule has 0 bridgehead atoms. The van der Waals surface area contributed by atoms with E-state index in [1.807, 2.05) is 0 Å². The number of carboxylic acid groups (broad SMARTS) is 1. The zero-order chi connectivity index (χ0) is 15.4. The van der Waals surface area contributed by atoms with E-state index in [0.29, 0.717) is 5.56 Å². The number of hydrogen-bond donors (Lipinski definition) is 3. The van der Waals surface area contributed by atoms with Crippen LogP contribution >= 0.6 is 11.6 Å². The first-order chi connectivity index (χ1) is 9.99. The van der Waals surface area contributed by atoms with Crippen LogP contribution in [0, 0.1) is 0 Å². The Kier molecular flexibility index (Phi) is 4.45. The van der Waals surface area contributed by atoms with Crippen LogP contribution in [0.3, 0.4) is 0 Å². The Morgan fingerprint density at radius 1 is 1.10 bits per heavy atom. The maximum absolute atomic E-state index is 12.1. The number of aliphatic carboxylic acids is 1. The van der Waals surface area contributed by atoms with Crippen LogP contribution < -0.4 is 5.32 Å². The maximum Gasteiger partial charge on any atom is 0.330 e. The van der Waals surface area contributed by atoms with Crippen LogP contribution in [0.1, 0.15) is 22.0 Å². The molecule has 0 spiro atoms. The summed E-state index contributed by atoms with van der Waals surface area (Å²) in [4.78, 5) is 23.4. The quantitative estimate of drug-likeness (QED) is 0.810. The van der Waals surface area contributed by atoms with E-state index in [1.54, 1.807) is 30.3 Å². The van der Waals surface area contributed by atoms with E-state index in [2.05, 4.69) is 5.32 Å². The second kappa shape index (κ2) is 6.28. The number of hydrogen-bond acceptors (Lipinski definition) is 3. The first kappa shape index (κ1) is 14.9. The lowest BCUT2D eigenvalue weighted by Gasteiger charge is -2.15. The maximum atomic E-state index is 12.1. The zero-order valence-electron chi connectivity index (χ0n) is 10.8. The molecule has 2 aromatic rings. The van der Waals surface area contributed by atoms with E-state index in [1.165, 1.54) is 18.2 Å². The highest BCUT2D eigenvalue weighted by Gasteiger charge is 2.23. The third kappa shape index (κ3) is 3.52. The van der Waals surface area contributed by atoms with Gasteiger partial charge in [0.15, 0.2) is 6.04 Å². The summed E-state index contributed by atoms with van der Waals surface area (Å²) in [6.45, 7) is 0. The third-order valence-electron chi connectivity index (χ3n) is 2.86. The van der Waals surface area contributed by atoms with Crippen LogP contribution in [0.25, 0.3) is 0 Å². The van der Waals surface area contributed by atoms with Gasteiger partial charge < -0.3 is 15.5 Å². The van der Waals surface area contributed by atoms with Crippen molar-refractivity contribution in [2.24, 2.45) is 0 Å². The highest BCUT2D eigenvalue weighted by atomic mass is 35.5. The van der Waals surface area contributed by atoms with Crippen molar-refractivity contribution in [2.75, 3.05) is 0 Å². The number of phenolic OH excluding ortho intramolecular Hbond substituents is 1. The smallest absolute Gasteiger partial charge is 0.330 e. The summed E-state index contributed by atoms with van der Waals surface area (Å²) in [6.07, 6.45) is 0. The van der Waals surface area contributed by atoms with Gasteiger partial charge in [-0.15, -0.1) is 0 Å². The molecular formula is C15H12ClNO4. The molecule has 0 saturated carbocycles. The van der Waals surface area contributed by atoms with Gasteiger partial charge in [-0.25, -0.2) is 4.79 Å². The number of rotatable bonds is 4. The van der Waals surface area contributed by atoms with E-state index in [4.69, 9.17) is 11.6 Å². The van der Waals surface area contributed by atoms with Crippen molar-refractivity contribution in [3.63, 3.8) is 0 Å². The van der Waals surface area contributed by atoms with Gasteiger partial charge in [0.25, 0.3) is 5.91 Å². The minimum atomic E-state index is -1.21. The standard InChI is InChI=1S/C15H12ClNO4/c16-10-6-7-12(18)11(8-10)14(19)17-13(15(20)21)9-4-2-1-3-5-9/h1-8,13,18H,(H,17,19)(H,20,21)/t13-/m0/s1. The van der Waals surface area contributed by atoms with Crippen LogP contribution in [0.5, 0.6) is 5.75 Å². The molecule has 0 aliphatic carbocycles. The zero-order valence-corrected chi connectivity index (χ0v) is 11.5. The largest absolute Gasteiger partial charge is 0.507 e. The predicted octanol–water partition coefficient (Wildman–Crippen LogP) is 2.60. The number of carbonyl (C=O) groups excluding carboxylic acids is 1. The molecule has 0 radical (unpaired) electrons. The number of carbonyl (C=O) groups is 2. The summed E-state index contributed by atoms with van der Waals surface area (Å²) in [5.74, 6) is -2.18. The van der Waals surface area contributed by atoms with Crippen molar-refractivity contribution in [3.8, 4) is 5.75 Å². The Balaban J connectivity index is 2.27. The summed E-state index contributed by atoms with van der Waals surface area (Å²) in [5.41, 5.74) is 0.351. The summed E-state index contributed by atoms with van der Waals surface area (Å²) in [6, 6.07) is 11.0. The molecule has 1 amide bonds. The van der Waals surface area contributed by atoms with Crippen molar-refractivity contribution in [3.05, 3.63) is 64.7 Å². The molecule has 0 saturated heterocycles. The van der Waals surface area contributed by atoms with Crippen LogP contribution in [-0.2, 0) is 4.79 Å². The number of carboxylic acids is 1. The van der Waals surface area contributed by atoms with E-state index in [-0.39, 0.29) is 16.3 Å². The van der Waals surface area contributed by atoms with Gasteiger partial charge in [0.1, 0.15) is 5.75 Å². The second-order valence-electron chi connectivity index (χ2n) is 4.32. The average molecular weight is 306 g/mol. The molecule has 21 heavy (non-hydrogen) atoms. The number of benzene rings is 2. The second-order valence-corrected chi connectivity index (χ2v) is 4.75. The Labute approximate surface area is 125 Å². The lowest BCUT2D eigenvalue weighted by Crippen LogP contribution is -2.33. The van der Waals surface area contributed by atoms with E-state index in [0.717, 1.165) is 0 Å². The molecule has 5 nitrogen and oxygen atoms in total. The predicted molar refractivity (Wildman–Crippen MR) is 77.4 cm³/mol. The first-order valence-corrected chi connectivity index (χ1v) is 6.44. The van der Waals surface area contributed by atoms with E-state index >= 15 is 0 Å². The van der Waals surface area contributed by atoms with Crippen molar-refractivity contribution < 1.29 is 19.8 Å². The molecule has 0 aliphatic rings. The first-order valence-electron chi connectivity index (χ1n) is 6.06. The molecule has 108 valence electrons. The molecule has 0 aromatic heterocycles. The molecule has 0 heterocycles. The van der Waals surface area contributed by atoms with Gasteiger partial charge in [-0.2, -0.15) is 0 Å². The molecule has 3 N–H and O–H groups in total. The lowest BCUT2D eigenvalue weighted by atomic mass is 10.1. The molecule has 0 unspecified atom stereocenters. The van der Waals surface area contributed by atoms with E-state index in [9.17, 15) is 19.8 Å². The number of aromatic hydroxyl groups is 1. The Morgan fingerprint density at radius 3 is 2.38 bits per heavy atom. The van der Waals surface area contributed by atoms with Crippen molar-refractivity contribution in [2.45, 2.75) is 6.04 Å². The van der Waals surface area contributed by atoms with Gasteiger partial charge in [0.05, 0.1) is 5.56 Å². The molecular weight excluding hydrogens is 294 g/mol. The Morgan fingerprint density at radius 2 is 1.76 bits per heavy atom. The molecule has 2 rings (SSSR count). The molecule has 0 aliphatic heterocycles. The summed E-state index contributed by atoms with van der Waals surface area (Å²) < 4.78 is 0. The minimum Gasteiger partial charge on any atom is -0.507 e. The molecule has 6 heteroatoms. The van der Waals surface area contributed by atoms with Gasteiger partial charge in [0, 0.05) is 5.02 Å². The number of phenols is 1. The van der Waals surface area contributed by atoms with Crippen LogP contribution in [-0.4, -0.2) is 22.1 Å². The summed E-state index contributed by atoms with van der Waals surface area (Å²) in [7, 11) is 0. The molecule has 2 aromatic carbocycles. The van der Waals surface area contributed by atoms with Crippen molar-refractivity contribution in [1.29, 1.82) is 0 Å². The highest BCUT2D eigenvalue weighted by Crippen LogP contribution is 2.22. The van der Waals surface area contributed by atoms with Crippen molar-refractivity contribution in [1.82, 2.24) is 5.32 Å². The Hall–Kier alpha value is -2.53. The van der Waals surface area contributed by atoms with Gasteiger partial charge >= 0.3 is 5.97 Å². The topological polar surface area (TPSA) is 86.6 Å². The molecule has 1 atom stereocenters.